The van der Waals surface area contributed by atoms with Crippen molar-refractivity contribution < 1.29 is 76.4 Å². The van der Waals surface area contributed by atoms with Crippen LogP contribution in [0.3, 0.4) is 0 Å². The number of pyridine rings is 1. The molecule has 0 saturated carbocycles. The van der Waals surface area contributed by atoms with Gasteiger partial charge in [0.15, 0.2) is 5.60 Å². The standard InChI is InChI=1S/C61H69FN8O16/c1-3-61(82)43-22-47-40-20-37-21-44(62)34(2)39-13-14-45(57(56(37)39)41(40)26-70(47)59(80)42(43)31-86-60(61)81)67-53(76)32-85-33-66-51(74)24-65-58(79)46(18-35-10-6-4-7-11-35)68-52(75)25-64-50(73)23-63-49(72)19-36-27-83-29-38(30-84-28-36)48(71)12-8-5-9-17-69-54(77)15-16-55(69)78/h4,6-7,10-11,15-16,20-22,36,38,45-46,82H,3,5,8-9,12-14,17-19,23-33H2,1-2H3,(H,63,72)(H,64,73)(H,65,79)(H,66,74)(H,67,76)(H,68,75)/t36?,38?,45-,46-,61-/m0/s1. The Hall–Kier alpha value is -8.52. The van der Waals surface area contributed by atoms with Gasteiger partial charge in [0.25, 0.3) is 17.4 Å². The molecule has 0 radical (unpaired) electrons. The summed E-state index contributed by atoms with van der Waals surface area (Å²) >= 11 is 0. The van der Waals surface area contributed by atoms with Crippen LogP contribution in [0.15, 0.2) is 65.5 Å². The highest BCUT2D eigenvalue weighted by Crippen LogP contribution is 2.47. The predicted molar refractivity (Wildman–Crippen MR) is 303 cm³/mol. The molecule has 456 valence electrons. The zero-order valence-corrected chi connectivity index (χ0v) is 47.8. The Labute approximate surface area is 493 Å². The van der Waals surface area contributed by atoms with E-state index in [1.165, 1.54) is 27.7 Å². The Morgan fingerprint density at radius 1 is 0.802 bits per heavy atom. The minimum Gasteiger partial charge on any atom is -0.458 e. The van der Waals surface area contributed by atoms with Crippen LogP contribution >= 0.6 is 0 Å². The molecule has 4 aromatic rings. The van der Waals surface area contributed by atoms with Gasteiger partial charge in [-0.25, -0.2) is 9.18 Å². The van der Waals surface area contributed by atoms with Gasteiger partial charge < -0.3 is 60.5 Å². The normalized spacial score (nSPS) is 19.7. The number of aliphatic hydroxyl groups is 1. The van der Waals surface area contributed by atoms with Crippen LogP contribution in [0.2, 0.25) is 0 Å². The van der Waals surface area contributed by atoms with E-state index in [1.54, 1.807) is 56.3 Å². The van der Waals surface area contributed by atoms with E-state index in [1.807, 2.05) is 0 Å². The van der Waals surface area contributed by atoms with Crippen molar-refractivity contribution in [1.29, 1.82) is 0 Å². The first-order valence-electron chi connectivity index (χ1n) is 28.8. The maximum absolute atomic E-state index is 15.4. The molecule has 1 aliphatic carbocycles. The molecular weight excluding hydrogens is 1120 g/mol. The molecule has 8 amide bonds. The first-order chi connectivity index (χ1) is 41.3. The van der Waals surface area contributed by atoms with Crippen LogP contribution in [-0.2, 0) is 98.5 Å². The van der Waals surface area contributed by atoms with Crippen molar-refractivity contribution in [3.8, 4) is 11.3 Å². The summed E-state index contributed by atoms with van der Waals surface area (Å²) in [5.74, 6) is -6.61. The molecule has 3 atom stereocenters. The summed E-state index contributed by atoms with van der Waals surface area (Å²) in [4.78, 5) is 143. The number of unbranched alkanes of at least 4 members (excludes halogenated alkanes) is 2. The monoisotopic (exact) mass is 1190 g/mol. The Morgan fingerprint density at radius 3 is 2.23 bits per heavy atom. The summed E-state index contributed by atoms with van der Waals surface area (Å²) in [5, 5.41) is 28.2. The fourth-order valence-corrected chi connectivity index (χ4v) is 11.6. The largest absolute Gasteiger partial charge is 0.458 e. The maximum atomic E-state index is 15.4. The van der Waals surface area contributed by atoms with Crippen LogP contribution in [-0.4, -0.2) is 146 Å². The number of aromatic nitrogens is 1. The summed E-state index contributed by atoms with van der Waals surface area (Å²) in [5.41, 5.74) is 2.24. The van der Waals surface area contributed by atoms with Crippen molar-refractivity contribution in [2.45, 2.75) is 102 Å². The lowest BCUT2D eigenvalue weighted by Gasteiger charge is -2.31. The molecule has 24 nitrogen and oxygen atoms in total. The van der Waals surface area contributed by atoms with Crippen molar-refractivity contribution >= 4 is 69.8 Å². The third-order valence-electron chi connectivity index (χ3n) is 16.2. The number of benzene rings is 3. The molecule has 9 rings (SSSR count). The minimum absolute atomic E-state index is 0.0233. The number of imide groups is 1. The van der Waals surface area contributed by atoms with E-state index < -0.39 is 109 Å². The van der Waals surface area contributed by atoms with Crippen molar-refractivity contribution in [3.05, 3.63) is 116 Å². The number of ketones is 1. The van der Waals surface area contributed by atoms with Gasteiger partial charge >= 0.3 is 5.97 Å². The van der Waals surface area contributed by atoms with Gasteiger partial charge in [0, 0.05) is 55.0 Å². The molecule has 5 aliphatic rings. The van der Waals surface area contributed by atoms with Crippen LogP contribution in [0.5, 0.6) is 0 Å². The molecule has 86 heavy (non-hydrogen) atoms. The number of amides is 8. The third-order valence-corrected chi connectivity index (χ3v) is 16.2. The second-order valence-electron chi connectivity index (χ2n) is 22.1. The van der Waals surface area contributed by atoms with Crippen molar-refractivity contribution in [2.75, 3.05) is 65.9 Å². The SMILES string of the molecule is CC[C@@]1(O)C(=O)OCc2c1cc1n(c2=O)Cc2c-1cc1cc(F)c(C)c3c1c2[C@@H](NC(=O)COCNC(=O)CNC(=O)[C@H](Cc1ccccc1)NC(=O)CNC(=O)CNC(=O)CC1COCC(C(=O)CCCCCN2C(=O)C=CC2=O)COC1)CC3. The summed E-state index contributed by atoms with van der Waals surface area (Å²) < 4.78 is 39.2. The molecular formula is C61H69FN8O16. The van der Waals surface area contributed by atoms with Gasteiger partial charge in [0.05, 0.1) is 75.8 Å². The van der Waals surface area contributed by atoms with E-state index in [-0.39, 0.29) is 93.5 Å². The first-order valence-corrected chi connectivity index (χ1v) is 28.8. The number of rotatable bonds is 25. The number of nitrogens with one attached hydrogen (secondary N) is 6. The molecule has 4 aliphatic heterocycles. The number of esters is 1. The lowest BCUT2D eigenvalue weighted by Crippen LogP contribution is -2.52. The van der Waals surface area contributed by atoms with Crippen molar-refractivity contribution in [1.82, 2.24) is 41.4 Å². The van der Waals surface area contributed by atoms with E-state index in [2.05, 4.69) is 31.9 Å². The van der Waals surface area contributed by atoms with Crippen LogP contribution in [0.1, 0.15) is 96.9 Å². The number of carbonyl (C=O) groups excluding carboxylic acids is 10. The maximum Gasteiger partial charge on any atom is 0.343 e. The molecule has 0 spiro atoms. The molecule has 3 aromatic carbocycles. The Bertz CT molecular complexity index is 3430. The van der Waals surface area contributed by atoms with E-state index in [9.17, 15) is 57.8 Å². The Balaban J connectivity index is 0.695. The topological polar surface area (TPSA) is 325 Å². The zero-order chi connectivity index (χ0) is 61.2. The summed E-state index contributed by atoms with van der Waals surface area (Å²) in [6.07, 6.45) is 5.36. The molecule has 0 unspecified atom stereocenters. The fraction of sp³-hybridized carbons (Fsp3) is 0.459. The van der Waals surface area contributed by atoms with Gasteiger partial charge in [0.2, 0.25) is 35.4 Å². The third kappa shape index (κ3) is 14.2. The molecule has 5 heterocycles. The van der Waals surface area contributed by atoms with Gasteiger partial charge in [-0.1, -0.05) is 43.7 Å². The van der Waals surface area contributed by atoms with Crippen LogP contribution < -0.4 is 37.5 Å². The number of ether oxygens (including phenoxy) is 4. The predicted octanol–water partition coefficient (Wildman–Crippen LogP) is 1.13. The summed E-state index contributed by atoms with van der Waals surface area (Å²) in [6, 6.07) is 11.8. The highest BCUT2D eigenvalue weighted by atomic mass is 19.1. The number of fused-ring (bicyclic) bond motifs is 5. The number of aryl methyl sites for hydroxylation is 1. The smallest absolute Gasteiger partial charge is 0.343 e. The average molecular weight is 1190 g/mol. The van der Waals surface area contributed by atoms with E-state index in [0.717, 1.165) is 16.5 Å². The first kappa shape index (κ1) is 62.0. The second kappa shape index (κ2) is 27.7. The van der Waals surface area contributed by atoms with Crippen LogP contribution in [0, 0.1) is 24.6 Å². The molecule has 7 N–H and O–H groups in total. The molecule has 1 aromatic heterocycles. The minimum atomic E-state index is -2.03. The highest BCUT2D eigenvalue weighted by Gasteiger charge is 2.46. The van der Waals surface area contributed by atoms with Crippen molar-refractivity contribution in [3.63, 3.8) is 0 Å². The molecule has 25 heteroatoms. The van der Waals surface area contributed by atoms with Crippen LogP contribution in [0.25, 0.3) is 22.0 Å². The highest BCUT2D eigenvalue weighted by molar-refractivity contribution is 6.12. The van der Waals surface area contributed by atoms with Gasteiger partial charge in [-0.3, -0.25) is 52.8 Å². The molecule has 0 bridgehead atoms. The van der Waals surface area contributed by atoms with Gasteiger partial charge in [-0.05, 0) is 95.8 Å². The number of hydrogen-bond donors (Lipinski definition) is 7. The zero-order valence-electron chi connectivity index (χ0n) is 47.8. The number of nitrogens with zero attached hydrogens (tertiary/aromatic N) is 2. The Kier molecular flexibility index (Phi) is 20.0. The van der Waals surface area contributed by atoms with E-state index in [0.29, 0.717) is 78.4 Å². The summed E-state index contributed by atoms with van der Waals surface area (Å²) in [6.45, 7) is 1.48. The summed E-state index contributed by atoms with van der Waals surface area (Å²) in [7, 11) is 0. The number of cyclic esters (lactones) is 1. The van der Waals surface area contributed by atoms with Crippen LogP contribution in [0.4, 0.5) is 4.39 Å². The quantitative estimate of drug-likeness (QED) is 0.0186. The van der Waals surface area contributed by atoms with Gasteiger partial charge in [-0.15, -0.1) is 0 Å². The number of carbonyl (C=O) groups is 10. The molecule has 1 saturated heterocycles. The molecule has 1 fully saturated rings. The number of Topliss-reactive ketones (excluding diaryl/α,β-unsaturated/α-hetero) is 1. The fourth-order valence-electron chi connectivity index (χ4n) is 11.6. The van der Waals surface area contributed by atoms with Crippen molar-refractivity contribution in [2.24, 2.45) is 11.8 Å². The number of hydrogen-bond acceptors (Lipinski definition) is 16. The van der Waals surface area contributed by atoms with E-state index in [4.69, 9.17) is 18.9 Å². The lowest BCUT2D eigenvalue weighted by atomic mass is 9.79. The van der Waals surface area contributed by atoms with E-state index >= 15 is 4.39 Å². The van der Waals surface area contributed by atoms with Gasteiger partial charge in [-0.2, -0.15) is 0 Å². The number of halogens is 1. The second-order valence-corrected chi connectivity index (χ2v) is 22.1. The lowest BCUT2D eigenvalue weighted by molar-refractivity contribution is -0.172. The Morgan fingerprint density at radius 2 is 1.50 bits per heavy atom. The average Bonchev–Trinajstić information content (AvgIpc) is 1.46. The van der Waals surface area contributed by atoms with Gasteiger partial charge in [0.1, 0.15) is 37.6 Å².